The lowest BCUT2D eigenvalue weighted by Crippen LogP contribution is -2.28. The molecule has 0 aliphatic carbocycles. The zero-order chi connectivity index (χ0) is 17.5. The number of amides is 1. The van der Waals surface area contributed by atoms with E-state index in [0.29, 0.717) is 0 Å². The van der Waals surface area contributed by atoms with E-state index in [0.717, 1.165) is 38.0 Å². The average molecular weight is 336 g/mol. The lowest BCUT2D eigenvalue weighted by molar-refractivity contribution is 0.0953. The zero-order valence-corrected chi connectivity index (χ0v) is 15.1. The van der Waals surface area contributed by atoms with Gasteiger partial charge in [-0.3, -0.25) is 4.79 Å². The van der Waals surface area contributed by atoms with E-state index >= 15 is 0 Å². The van der Waals surface area contributed by atoms with E-state index in [2.05, 4.69) is 53.5 Å². The molecule has 132 valence electrons. The molecular formula is C22H28N2O. The maximum Gasteiger partial charge on any atom is 0.251 e. The van der Waals surface area contributed by atoms with Gasteiger partial charge in [-0.2, -0.15) is 0 Å². The Labute approximate surface area is 151 Å². The van der Waals surface area contributed by atoms with Crippen molar-refractivity contribution in [3.63, 3.8) is 0 Å². The highest BCUT2D eigenvalue weighted by Gasteiger charge is 2.16. The molecule has 0 aromatic heterocycles. The minimum atomic E-state index is 0.0333. The van der Waals surface area contributed by atoms with Crippen molar-refractivity contribution in [2.45, 2.75) is 45.6 Å². The SMILES string of the molecule is CCCCCNC(=O)c1ccc(CN2CCCc3ccccc32)cc1. The number of hydrogen-bond acceptors (Lipinski definition) is 2. The van der Waals surface area contributed by atoms with Crippen molar-refractivity contribution >= 4 is 11.6 Å². The fourth-order valence-corrected chi connectivity index (χ4v) is 3.44. The summed E-state index contributed by atoms with van der Waals surface area (Å²) in [5, 5.41) is 3.00. The fourth-order valence-electron chi connectivity index (χ4n) is 3.44. The summed E-state index contributed by atoms with van der Waals surface area (Å²) in [6, 6.07) is 16.7. The molecular weight excluding hydrogens is 308 g/mol. The smallest absolute Gasteiger partial charge is 0.251 e. The van der Waals surface area contributed by atoms with E-state index in [-0.39, 0.29) is 5.91 Å². The van der Waals surface area contributed by atoms with Crippen LogP contribution < -0.4 is 10.2 Å². The molecule has 25 heavy (non-hydrogen) atoms. The van der Waals surface area contributed by atoms with Gasteiger partial charge in [0.1, 0.15) is 0 Å². The molecule has 0 atom stereocenters. The van der Waals surface area contributed by atoms with E-state index in [1.807, 2.05) is 12.1 Å². The van der Waals surface area contributed by atoms with Crippen molar-refractivity contribution in [3.8, 4) is 0 Å². The Bertz CT molecular complexity index is 693. The molecule has 2 aromatic carbocycles. The molecule has 1 amide bonds. The summed E-state index contributed by atoms with van der Waals surface area (Å²) in [4.78, 5) is 14.6. The second-order valence-electron chi connectivity index (χ2n) is 6.81. The Hall–Kier alpha value is -2.29. The monoisotopic (exact) mass is 336 g/mol. The number of unbranched alkanes of at least 4 members (excludes halogenated alkanes) is 2. The number of nitrogens with zero attached hydrogens (tertiary/aromatic N) is 1. The standard InChI is InChI=1S/C22H28N2O/c1-2-3-6-15-23-22(25)20-13-11-18(12-14-20)17-24-16-7-9-19-8-4-5-10-21(19)24/h4-5,8,10-14H,2-3,6-7,9,15-17H2,1H3,(H,23,25). The van der Waals surface area contributed by atoms with Crippen LogP contribution in [0.4, 0.5) is 5.69 Å². The average Bonchev–Trinajstić information content (AvgIpc) is 2.66. The van der Waals surface area contributed by atoms with Crippen molar-refractivity contribution in [1.82, 2.24) is 5.32 Å². The largest absolute Gasteiger partial charge is 0.367 e. The first kappa shape index (κ1) is 17.5. The highest BCUT2D eigenvalue weighted by molar-refractivity contribution is 5.94. The number of carbonyl (C=O) groups excluding carboxylic acids is 1. The topological polar surface area (TPSA) is 32.3 Å². The van der Waals surface area contributed by atoms with E-state index in [1.165, 1.54) is 36.1 Å². The van der Waals surface area contributed by atoms with Crippen LogP contribution in [0.1, 0.15) is 54.1 Å². The third kappa shape index (κ3) is 4.62. The van der Waals surface area contributed by atoms with Crippen LogP contribution in [-0.4, -0.2) is 19.0 Å². The van der Waals surface area contributed by atoms with Gasteiger partial charge in [0, 0.05) is 30.9 Å². The van der Waals surface area contributed by atoms with Gasteiger partial charge in [-0.15, -0.1) is 0 Å². The Kier molecular flexibility index (Phi) is 6.10. The summed E-state index contributed by atoms with van der Waals surface area (Å²) in [7, 11) is 0. The molecule has 0 unspecified atom stereocenters. The predicted octanol–water partition coefficient (Wildman–Crippen LogP) is 4.56. The summed E-state index contributed by atoms with van der Waals surface area (Å²) in [6.07, 6.45) is 5.76. The van der Waals surface area contributed by atoms with Crippen LogP contribution in [0.15, 0.2) is 48.5 Å². The van der Waals surface area contributed by atoms with Crippen molar-refractivity contribution in [2.24, 2.45) is 0 Å². The molecule has 1 aliphatic rings. The van der Waals surface area contributed by atoms with Gasteiger partial charge in [-0.25, -0.2) is 0 Å². The summed E-state index contributed by atoms with van der Waals surface area (Å²) in [5.74, 6) is 0.0333. The number of aryl methyl sites for hydroxylation is 1. The van der Waals surface area contributed by atoms with Crippen LogP contribution >= 0.6 is 0 Å². The lowest BCUT2D eigenvalue weighted by atomic mass is 10.0. The number of benzene rings is 2. The third-order valence-corrected chi connectivity index (χ3v) is 4.86. The van der Waals surface area contributed by atoms with E-state index in [9.17, 15) is 4.79 Å². The minimum absolute atomic E-state index is 0.0333. The highest BCUT2D eigenvalue weighted by Crippen LogP contribution is 2.28. The second kappa shape index (κ2) is 8.70. The summed E-state index contributed by atoms with van der Waals surface area (Å²) in [5.41, 5.74) is 4.79. The summed E-state index contributed by atoms with van der Waals surface area (Å²) in [6.45, 7) is 4.92. The quantitative estimate of drug-likeness (QED) is 0.752. The molecule has 3 heteroatoms. The van der Waals surface area contributed by atoms with Crippen molar-refractivity contribution in [1.29, 1.82) is 0 Å². The minimum Gasteiger partial charge on any atom is -0.367 e. The van der Waals surface area contributed by atoms with Crippen LogP contribution in [0.5, 0.6) is 0 Å². The molecule has 1 N–H and O–H groups in total. The molecule has 1 aliphatic heterocycles. The number of carbonyl (C=O) groups is 1. The van der Waals surface area contributed by atoms with E-state index in [1.54, 1.807) is 0 Å². The molecule has 0 bridgehead atoms. The molecule has 2 aromatic rings. The molecule has 0 radical (unpaired) electrons. The molecule has 0 spiro atoms. The van der Waals surface area contributed by atoms with Gasteiger partial charge in [-0.05, 0) is 48.6 Å². The number of rotatable bonds is 7. The first-order valence-electron chi connectivity index (χ1n) is 9.48. The van der Waals surface area contributed by atoms with E-state index in [4.69, 9.17) is 0 Å². The molecule has 3 rings (SSSR count). The maximum atomic E-state index is 12.2. The fraction of sp³-hybridized carbons (Fsp3) is 0.409. The summed E-state index contributed by atoms with van der Waals surface area (Å²) < 4.78 is 0. The number of hydrogen-bond donors (Lipinski definition) is 1. The van der Waals surface area contributed by atoms with Gasteiger partial charge in [0.05, 0.1) is 0 Å². The zero-order valence-electron chi connectivity index (χ0n) is 15.1. The Morgan fingerprint density at radius 2 is 1.88 bits per heavy atom. The molecule has 0 saturated carbocycles. The normalized spacial score (nSPS) is 13.4. The molecule has 0 saturated heterocycles. The highest BCUT2D eigenvalue weighted by atomic mass is 16.1. The summed E-state index contributed by atoms with van der Waals surface area (Å²) >= 11 is 0. The van der Waals surface area contributed by atoms with Crippen LogP contribution in [0.3, 0.4) is 0 Å². The number of anilines is 1. The van der Waals surface area contributed by atoms with E-state index < -0.39 is 0 Å². The predicted molar refractivity (Wildman–Crippen MR) is 104 cm³/mol. The first-order chi connectivity index (χ1) is 12.3. The third-order valence-electron chi connectivity index (χ3n) is 4.86. The first-order valence-corrected chi connectivity index (χ1v) is 9.48. The molecule has 1 heterocycles. The van der Waals surface area contributed by atoms with Crippen LogP contribution in [-0.2, 0) is 13.0 Å². The molecule has 3 nitrogen and oxygen atoms in total. The Morgan fingerprint density at radius 1 is 1.08 bits per heavy atom. The Balaban J connectivity index is 1.59. The Morgan fingerprint density at radius 3 is 2.68 bits per heavy atom. The van der Waals surface area contributed by atoms with Gasteiger partial charge in [0.2, 0.25) is 0 Å². The van der Waals surface area contributed by atoms with Gasteiger partial charge in [-0.1, -0.05) is 50.1 Å². The number of fused-ring (bicyclic) bond motifs is 1. The van der Waals surface area contributed by atoms with Gasteiger partial charge in [0.25, 0.3) is 5.91 Å². The van der Waals surface area contributed by atoms with Gasteiger partial charge in [0.15, 0.2) is 0 Å². The van der Waals surface area contributed by atoms with Crippen molar-refractivity contribution in [2.75, 3.05) is 18.0 Å². The van der Waals surface area contributed by atoms with Crippen LogP contribution in [0.25, 0.3) is 0 Å². The van der Waals surface area contributed by atoms with Gasteiger partial charge >= 0.3 is 0 Å². The van der Waals surface area contributed by atoms with Crippen LogP contribution in [0, 0.1) is 0 Å². The van der Waals surface area contributed by atoms with Crippen molar-refractivity contribution in [3.05, 3.63) is 65.2 Å². The van der Waals surface area contributed by atoms with Crippen molar-refractivity contribution < 1.29 is 4.79 Å². The lowest BCUT2D eigenvalue weighted by Gasteiger charge is -2.31. The van der Waals surface area contributed by atoms with Gasteiger partial charge < -0.3 is 10.2 Å². The van der Waals surface area contributed by atoms with Crippen LogP contribution in [0.2, 0.25) is 0 Å². The number of nitrogens with one attached hydrogen (secondary N) is 1. The second-order valence-corrected chi connectivity index (χ2v) is 6.81. The number of para-hydroxylation sites is 1. The molecule has 0 fully saturated rings. The maximum absolute atomic E-state index is 12.2.